The van der Waals surface area contributed by atoms with Crippen molar-refractivity contribution in [2.24, 2.45) is 5.41 Å². The number of nitrogens with one attached hydrogen (secondary N) is 1. The fraction of sp³-hybridized carbons (Fsp3) is 0.667. The summed E-state index contributed by atoms with van der Waals surface area (Å²) in [5.74, 6) is -0.796. The lowest BCUT2D eigenvalue weighted by molar-refractivity contribution is -0.151. The van der Waals surface area contributed by atoms with E-state index in [1.165, 1.54) is 0 Å². The molecule has 0 aliphatic heterocycles. The smallest absolute Gasteiger partial charge is 0.310 e. The average Bonchev–Trinajstić information content (AvgIpc) is 2.61. The predicted molar refractivity (Wildman–Crippen MR) is 69.2 cm³/mol. The van der Waals surface area contributed by atoms with Gasteiger partial charge >= 0.3 is 5.97 Å². The number of aryl methyl sites for hydroxylation is 1. The number of nitrogens with zero attached hydrogens (tertiary/aromatic N) is 1. The highest BCUT2D eigenvalue weighted by Crippen LogP contribution is 2.31. The highest BCUT2D eigenvalue weighted by Gasteiger charge is 2.43. The van der Waals surface area contributed by atoms with E-state index in [4.69, 9.17) is 0 Å². The number of hydrogen-bond donors (Lipinski definition) is 2. The standard InChI is InChI=1S/C12H20N2O2S/c1-8-13-6-9(17-8)7-14-12(4,5)11(2,3)10(15)16/h6,14H,7H2,1-5H3,(H,15,16). The highest BCUT2D eigenvalue weighted by atomic mass is 32.1. The Kier molecular flexibility index (Phi) is 3.94. The summed E-state index contributed by atoms with van der Waals surface area (Å²) in [5, 5.41) is 13.6. The first-order valence-electron chi connectivity index (χ1n) is 5.56. The van der Waals surface area contributed by atoms with Crippen LogP contribution in [0.3, 0.4) is 0 Å². The molecule has 0 saturated heterocycles. The Labute approximate surface area is 106 Å². The van der Waals surface area contributed by atoms with Crippen molar-refractivity contribution in [3.05, 3.63) is 16.1 Å². The summed E-state index contributed by atoms with van der Waals surface area (Å²) in [6, 6.07) is 0. The van der Waals surface area contributed by atoms with Crippen molar-refractivity contribution in [3.8, 4) is 0 Å². The van der Waals surface area contributed by atoms with Crippen LogP contribution in [0.2, 0.25) is 0 Å². The number of aliphatic carboxylic acids is 1. The number of hydrogen-bond acceptors (Lipinski definition) is 4. The van der Waals surface area contributed by atoms with Crippen LogP contribution in [0.25, 0.3) is 0 Å². The van der Waals surface area contributed by atoms with E-state index in [-0.39, 0.29) is 0 Å². The first-order valence-corrected chi connectivity index (χ1v) is 6.38. The zero-order valence-electron chi connectivity index (χ0n) is 11.0. The van der Waals surface area contributed by atoms with Gasteiger partial charge in [-0.3, -0.25) is 4.79 Å². The molecular weight excluding hydrogens is 236 g/mol. The van der Waals surface area contributed by atoms with Crippen LogP contribution >= 0.6 is 11.3 Å². The lowest BCUT2D eigenvalue weighted by Gasteiger charge is -2.39. The van der Waals surface area contributed by atoms with Gasteiger partial charge < -0.3 is 10.4 Å². The van der Waals surface area contributed by atoms with Gasteiger partial charge in [-0.25, -0.2) is 4.98 Å². The molecule has 2 N–H and O–H groups in total. The van der Waals surface area contributed by atoms with Gasteiger partial charge in [0.1, 0.15) is 0 Å². The van der Waals surface area contributed by atoms with E-state index in [1.54, 1.807) is 25.2 Å². The minimum absolute atomic E-state index is 0.489. The first-order chi connectivity index (χ1) is 7.67. The predicted octanol–water partition coefficient (Wildman–Crippen LogP) is 2.43. The molecule has 1 rings (SSSR count). The number of thiazole rings is 1. The topological polar surface area (TPSA) is 62.2 Å². The van der Waals surface area contributed by atoms with Crippen LogP contribution in [0.1, 0.15) is 37.6 Å². The molecule has 96 valence electrons. The molecule has 0 saturated carbocycles. The zero-order chi connectivity index (χ0) is 13.3. The van der Waals surface area contributed by atoms with E-state index in [1.807, 2.05) is 27.0 Å². The summed E-state index contributed by atoms with van der Waals surface area (Å²) in [5.41, 5.74) is -1.32. The maximum absolute atomic E-state index is 11.2. The third-order valence-electron chi connectivity index (χ3n) is 3.47. The number of aromatic nitrogens is 1. The fourth-order valence-corrected chi connectivity index (χ4v) is 2.02. The van der Waals surface area contributed by atoms with Crippen molar-refractivity contribution in [2.45, 2.75) is 46.7 Å². The zero-order valence-corrected chi connectivity index (χ0v) is 11.8. The summed E-state index contributed by atoms with van der Waals surface area (Å²) in [7, 11) is 0. The third-order valence-corrected chi connectivity index (χ3v) is 4.38. The van der Waals surface area contributed by atoms with Crippen molar-refractivity contribution < 1.29 is 9.90 Å². The molecule has 0 fully saturated rings. The molecule has 1 aromatic heterocycles. The Morgan fingerprint density at radius 2 is 2.06 bits per heavy atom. The number of rotatable bonds is 5. The SMILES string of the molecule is Cc1ncc(CNC(C)(C)C(C)(C)C(=O)O)s1. The van der Waals surface area contributed by atoms with E-state index >= 15 is 0 Å². The maximum Gasteiger partial charge on any atom is 0.310 e. The molecule has 0 aromatic carbocycles. The Bertz CT molecular complexity index is 410. The second-order valence-corrected chi connectivity index (χ2v) is 6.57. The van der Waals surface area contributed by atoms with Crippen molar-refractivity contribution in [3.63, 3.8) is 0 Å². The van der Waals surface area contributed by atoms with Gasteiger partial charge in [-0.15, -0.1) is 11.3 Å². The molecule has 4 nitrogen and oxygen atoms in total. The molecule has 1 heterocycles. The van der Waals surface area contributed by atoms with E-state index < -0.39 is 16.9 Å². The Morgan fingerprint density at radius 1 is 1.47 bits per heavy atom. The van der Waals surface area contributed by atoms with Crippen LogP contribution < -0.4 is 5.32 Å². The molecule has 0 atom stereocenters. The summed E-state index contributed by atoms with van der Waals surface area (Å²) in [6.45, 7) is 9.90. The van der Waals surface area contributed by atoms with Gasteiger partial charge in [0.05, 0.1) is 10.4 Å². The van der Waals surface area contributed by atoms with Crippen molar-refractivity contribution in [2.75, 3.05) is 0 Å². The quantitative estimate of drug-likeness (QED) is 0.849. The lowest BCUT2D eigenvalue weighted by Crippen LogP contribution is -2.54. The van der Waals surface area contributed by atoms with Crippen molar-refractivity contribution >= 4 is 17.3 Å². The van der Waals surface area contributed by atoms with Crippen molar-refractivity contribution in [1.82, 2.24) is 10.3 Å². The summed E-state index contributed by atoms with van der Waals surface area (Å²) in [6.07, 6.45) is 1.83. The molecular formula is C12H20N2O2S. The van der Waals surface area contributed by atoms with E-state index in [2.05, 4.69) is 10.3 Å². The van der Waals surface area contributed by atoms with Crippen LogP contribution in [0.15, 0.2) is 6.20 Å². The van der Waals surface area contributed by atoms with Gasteiger partial charge in [-0.1, -0.05) is 0 Å². The molecule has 1 aromatic rings. The lowest BCUT2D eigenvalue weighted by atomic mass is 9.74. The molecule has 0 radical (unpaired) electrons. The molecule has 0 spiro atoms. The van der Waals surface area contributed by atoms with Gasteiger partial charge in [0.2, 0.25) is 0 Å². The normalized spacial score (nSPS) is 12.8. The molecule has 0 bridgehead atoms. The number of carboxylic acids is 1. The van der Waals surface area contributed by atoms with Crippen LogP contribution in [0.4, 0.5) is 0 Å². The molecule has 5 heteroatoms. The van der Waals surface area contributed by atoms with E-state index in [9.17, 15) is 9.90 Å². The average molecular weight is 256 g/mol. The van der Waals surface area contributed by atoms with Crippen LogP contribution in [0.5, 0.6) is 0 Å². The largest absolute Gasteiger partial charge is 0.481 e. The number of carbonyl (C=O) groups is 1. The van der Waals surface area contributed by atoms with Gasteiger partial charge in [0.25, 0.3) is 0 Å². The maximum atomic E-state index is 11.2. The summed E-state index contributed by atoms with van der Waals surface area (Å²) >= 11 is 1.63. The van der Waals surface area contributed by atoms with Crippen molar-refractivity contribution in [1.29, 1.82) is 0 Å². The first kappa shape index (κ1) is 14.1. The Balaban J connectivity index is 2.70. The second kappa shape index (κ2) is 4.74. The Morgan fingerprint density at radius 3 is 2.47 bits per heavy atom. The number of carboxylic acid groups (broad SMARTS) is 1. The highest BCUT2D eigenvalue weighted by molar-refractivity contribution is 7.11. The van der Waals surface area contributed by atoms with Gasteiger partial charge in [-0.2, -0.15) is 0 Å². The molecule has 0 aliphatic rings. The van der Waals surface area contributed by atoms with Gasteiger partial charge in [0.15, 0.2) is 0 Å². The summed E-state index contributed by atoms with van der Waals surface area (Å²) < 4.78 is 0. The van der Waals surface area contributed by atoms with E-state index in [0.717, 1.165) is 9.88 Å². The van der Waals surface area contributed by atoms with Gasteiger partial charge in [0, 0.05) is 23.2 Å². The Hall–Kier alpha value is -0.940. The van der Waals surface area contributed by atoms with Gasteiger partial charge in [-0.05, 0) is 34.6 Å². The van der Waals surface area contributed by atoms with Crippen LogP contribution in [-0.2, 0) is 11.3 Å². The van der Waals surface area contributed by atoms with E-state index in [0.29, 0.717) is 6.54 Å². The fourth-order valence-electron chi connectivity index (χ4n) is 1.28. The minimum Gasteiger partial charge on any atom is -0.481 e. The third kappa shape index (κ3) is 3.04. The molecule has 0 aliphatic carbocycles. The van der Waals surface area contributed by atoms with Crippen LogP contribution in [-0.4, -0.2) is 21.6 Å². The van der Waals surface area contributed by atoms with Crippen LogP contribution in [0, 0.1) is 12.3 Å². The minimum atomic E-state index is -0.827. The molecule has 17 heavy (non-hydrogen) atoms. The summed E-state index contributed by atoms with van der Waals surface area (Å²) in [4.78, 5) is 16.5. The molecule has 0 unspecified atom stereocenters. The molecule has 0 amide bonds. The second-order valence-electron chi connectivity index (χ2n) is 5.25. The monoisotopic (exact) mass is 256 g/mol.